The predicted octanol–water partition coefficient (Wildman–Crippen LogP) is 3.24. The van der Waals surface area contributed by atoms with Gasteiger partial charge < -0.3 is 0 Å². The van der Waals surface area contributed by atoms with Crippen LogP contribution in [0.5, 0.6) is 0 Å². The minimum Gasteiger partial charge on any atom is -0.299 e. The summed E-state index contributed by atoms with van der Waals surface area (Å²) in [4.78, 5) is 25.8. The largest absolute Gasteiger partial charge is 0.299 e. The van der Waals surface area contributed by atoms with Crippen LogP contribution in [0.15, 0.2) is 24.3 Å². The molecule has 0 aromatic heterocycles. The third kappa shape index (κ3) is 3.53. The number of rotatable bonds is 2. The van der Waals surface area contributed by atoms with Crippen LogP contribution in [0.3, 0.4) is 0 Å². The summed E-state index contributed by atoms with van der Waals surface area (Å²) in [6.45, 7) is 2.83. The molecule has 1 saturated carbocycles. The van der Waals surface area contributed by atoms with Crippen LogP contribution in [0.4, 0.5) is 0 Å². The zero-order chi connectivity index (χ0) is 14.9. The number of halogens is 1. The van der Waals surface area contributed by atoms with E-state index in [1.807, 2.05) is 12.1 Å². The maximum atomic E-state index is 11.7. The molecular weight excluding hydrogens is 286 g/mol. The lowest BCUT2D eigenvalue weighted by atomic mass is 9.67. The number of hydrogen-bond donors (Lipinski definition) is 0. The van der Waals surface area contributed by atoms with Gasteiger partial charge >= 0.3 is 0 Å². The zero-order valence-corrected chi connectivity index (χ0v) is 12.9. The average molecular weight is 306 g/mol. The van der Waals surface area contributed by atoms with Crippen LogP contribution < -0.4 is 0 Å². The third-order valence-electron chi connectivity index (χ3n) is 4.77. The van der Waals surface area contributed by atoms with Gasteiger partial charge in [-0.3, -0.25) is 14.5 Å². The number of carbonyl (C=O) groups excluding carboxylic acids is 2. The highest BCUT2D eigenvalue weighted by atomic mass is 35.5. The van der Waals surface area contributed by atoms with Gasteiger partial charge in [-0.2, -0.15) is 0 Å². The minimum absolute atomic E-state index is 0.0388. The second kappa shape index (κ2) is 5.90. The van der Waals surface area contributed by atoms with Gasteiger partial charge in [0.1, 0.15) is 11.6 Å². The van der Waals surface area contributed by atoms with Crippen LogP contribution in [0.25, 0.3) is 0 Å². The van der Waals surface area contributed by atoms with Gasteiger partial charge in [0.2, 0.25) is 0 Å². The van der Waals surface area contributed by atoms with Gasteiger partial charge in [0.25, 0.3) is 0 Å². The van der Waals surface area contributed by atoms with E-state index in [1.54, 1.807) is 0 Å². The summed E-state index contributed by atoms with van der Waals surface area (Å²) in [5.41, 5.74) is 1.22. The molecule has 1 heterocycles. The Kier molecular flexibility index (Phi) is 4.14. The summed E-state index contributed by atoms with van der Waals surface area (Å²) in [6, 6.07) is 7.95. The fourth-order valence-electron chi connectivity index (χ4n) is 3.63. The van der Waals surface area contributed by atoms with Gasteiger partial charge in [-0.05, 0) is 49.0 Å². The van der Waals surface area contributed by atoms with Crippen LogP contribution in [0, 0.1) is 5.41 Å². The number of likely N-dealkylation sites (tertiary alicyclic amines) is 1. The standard InChI is InChI=1S/C17H20ClNO2/c18-14-3-1-13(2-4-14)12-19-7-5-17(6-8-19)10-15(20)9-16(21)11-17/h1-4H,5-12H2. The molecule has 2 aliphatic rings. The van der Waals surface area contributed by atoms with Gasteiger partial charge in [0.15, 0.2) is 0 Å². The number of nitrogens with zero attached hydrogens (tertiary/aromatic N) is 1. The summed E-state index contributed by atoms with van der Waals surface area (Å²) >= 11 is 5.90. The fourth-order valence-corrected chi connectivity index (χ4v) is 3.76. The molecule has 3 nitrogen and oxygen atoms in total. The Morgan fingerprint density at radius 1 is 1.00 bits per heavy atom. The summed E-state index contributed by atoms with van der Waals surface area (Å²) in [7, 11) is 0. The number of carbonyl (C=O) groups is 2. The molecule has 0 unspecified atom stereocenters. The van der Waals surface area contributed by atoms with Gasteiger partial charge in [0.05, 0.1) is 6.42 Å². The van der Waals surface area contributed by atoms with Crippen LogP contribution in [0.2, 0.25) is 5.02 Å². The maximum Gasteiger partial charge on any atom is 0.140 e. The summed E-state index contributed by atoms with van der Waals surface area (Å²) in [6.07, 6.45) is 3.29. The molecule has 1 aliphatic carbocycles. The average Bonchev–Trinajstić information content (AvgIpc) is 2.43. The van der Waals surface area contributed by atoms with E-state index in [0.29, 0.717) is 12.8 Å². The Balaban J connectivity index is 1.58. The van der Waals surface area contributed by atoms with Crippen LogP contribution in [0.1, 0.15) is 37.7 Å². The van der Waals surface area contributed by atoms with E-state index in [4.69, 9.17) is 11.6 Å². The lowest BCUT2D eigenvalue weighted by molar-refractivity contribution is -0.135. The molecule has 0 bridgehead atoms. The van der Waals surface area contributed by atoms with E-state index in [9.17, 15) is 9.59 Å². The molecule has 0 N–H and O–H groups in total. The molecule has 0 radical (unpaired) electrons. The van der Waals surface area contributed by atoms with Crippen molar-refractivity contribution in [3.05, 3.63) is 34.9 Å². The topological polar surface area (TPSA) is 37.4 Å². The molecule has 1 saturated heterocycles. The van der Waals surface area contributed by atoms with Crippen molar-refractivity contribution in [2.75, 3.05) is 13.1 Å². The molecule has 3 rings (SSSR count). The highest BCUT2D eigenvalue weighted by Gasteiger charge is 2.41. The zero-order valence-electron chi connectivity index (χ0n) is 12.1. The summed E-state index contributed by atoms with van der Waals surface area (Å²) < 4.78 is 0. The van der Waals surface area contributed by atoms with Crippen LogP contribution >= 0.6 is 11.6 Å². The highest BCUT2D eigenvalue weighted by Crippen LogP contribution is 2.42. The first-order chi connectivity index (χ1) is 10.0. The van der Waals surface area contributed by atoms with Gasteiger partial charge in [-0.1, -0.05) is 23.7 Å². The highest BCUT2D eigenvalue weighted by molar-refractivity contribution is 6.30. The number of benzene rings is 1. The smallest absolute Gasteiger partial charge is 0.140 e. The normalized spacial score (nSPS) is 22.7. The maximum absolute atomic E-state index is 11.7. The summed E-state index contributed by atoms with van der Waals surface area (Å²) in [5.74, 6) is 0.273. The molecule has 1 aromatic rings. The SMILES string of the molecule is O=C1CC(=O)CC2(CCN(Cc3ccc(Cl)cc3)CC2)C1. The van der Waals surface area contributed by atoms with E-state index in [-0.39, 0.29) is 23.4 Å². The van der Waals surface area contributed by atoms with Crippen molar-refractivity contribution >= 4 is 23.2 Å². The van der Waals surface area contributed by atoms with Crippen molar-refractivity contribution in [3.8, 4) is 0 Å². The van der Waals surface area contributed by atoms with Crippen molar-refractivity contribution in [3.63, 3.8) is 0 Å². The predicted molar refractivity (Wildman–Crippen MR) is 82.3 cm³/mol. The molecule has 0 amide bonds. The van der Waals surface area contributed by atoms with E-state index in [1.165, 1.54) is 5.56 Å². The minimum atomic E-state index is -0.0388. The molecule has 0 atom stereocenters. The first-order valence-corrected chi connectivity index (χ1v) is 7.93. The third-order valence-corrected chi connectivity index (χ3v) is 5.03. The molecule has 112 valence electrons. The van der Waals surface area contributed by atoms with Crippen molar-refractivity contribution in [2.45, 2.75) is 38.6 Å². The van der Waals surface area contributed by atoms with E-state index < -0.39 is 0 Å². The van der Waals surface area contributed by atoms with Crippen molar-refractivity contribution in [2.24, 2.45) is 5.41 Å². The first-order valence-electron chi connectivity index (χ1n) is 7.55. The fraction of sp³-hybridized carbons (Fsp3) is 0.529. The number of ketones is 2. The van der Waals surface area contributed by atoms with Gasteiger partial charge in [0, 0.05) is 24.4 Å². The first kappa shape index (κ1) is 14.7. The monoisotopic (exact) mass is 305 g/mol. The lowest BCUT2D eigenvalue weighted by Gasteiger charge is -2.43. The Morgan fingerprint density at radius 3 is 2.14 bits per heavy atom. The second-order valence-corrected chi connectivity index (χ2v) is 6.95. The molecule has 2 fully saturated rings. The Hall–Kier alpha value is -1.19. The van der Waals surface area contributed by atoms with Gasteiger partial charge in [-0.15, -0.1) is 0 Å². The molecule has 21 heavy (non-hydrogen) atoms. The van der Waals surface area contributed by atoms with Crippen molar-refractivity contribution < 1.29 is 9.59 Å². The molecule has 1 aromatic carbocycles. The van der Waals surface area contributed by atoms with E-state index >= 15 is 0 Å². The second-order valence-electron chi connectivity index (χ2n) is 6.51. The number of Topliss-reactive ketones (excluding diaryl/α,β-unsaturated/α-hetero) is 2. The van der Waals surface area contributed by atoms with E-state index in [2.05, 4.69) is 17.0 Å². The van der Waals surface area contributed by atoms with Crippen molar-refractivity contribution in [1.82, 2.24) is 4.90 Å². The van der Waals surface area contributed by atoms with E-state index in [0.717, 1.165) is 37.5 Å². The summed E-state index contributed by atoms with van der Waals surface area (Å²) in [5, 5.41) is 0.760. The Bertz CT molecular complexity index is 526. The molecule has 4 heteroatoms. The van der Waals surface area contributed by atoms with Crippen LogP contribution in [-0.4, -0.2) is 29.6 Å². The van der Waals surface area contributed by atoms with Crippen molar-refractivity contribution in [1.29, 1.82) is 0 Å². The number of piperidine rings is 1. The number of hydrogen-bond acceptors (Lipinski definition) is 3. The Morgan fingerprint density at radius 2 is 1.57 bits per heavy atom. The Labute approximate surface area is 130 Å². The molecule has 1 aliphatic heterocycles. The van der Waals surface area contributed by atoms with Gasteiger partial charge in [-0.25, -0.2) is 0 Å². The molecular formula is C17H20ClNO2. The molecule has 1 spiro atoms. The lowest BCUT2D eigenvalue weighted by Crippen LogP contribution is -2.44. The quantitative estimate of drug-likeness (QED) is 0.787. The van der Waals surface area contributed by atoms with Crippen LogP contribution in [-0.2, 0) is 16.1 Å².